The fourth-order valence-electron chi connectivity index (χ4n) is 3.41. The number of rotatable bonds is 6. The molecule has 1 aromatic carbocycles. The zero-order chi connectivity index (χ0) is 17.9. The molecular formula is C17H27N3O3S. The lowest BCUT2D eigenvalue weighted by atomic mass is 10.1. The Labute approximate surface area is 144 Å². The van der Waals surface area contributed by atoms with E-state index in [1.165, 1.54) is 4.31 Å². The van der Waals surface area contributed by atoms with Crippen LogP contribution in [0.4, 0.5) is 0 Å². The summed E-state index contributed by atoms with van der Waals surface area (Å²) < 4.78 is 27.7. The van der Waals surface area contributed by atoms with E-state index in [-0.39, 0.29) is 5.91 Å². The summed E-state index contributed by atoms with van der Waals surface area (Å²) in [5.74, 6) is -0.230. The molecular weight excluding hydrogens is 326 g/mol. The minimum Gasteiger partial charge on any atom is -0.355 e. The number of nitrogens with one attached hydrogen (secondary N) is 1. The van der Waals surface area contributed by atoms with Gasteiger partial charge in [-0.25, -0.2) is 8.42 Å². The summed E-state index contributed by atoms with van der Waals surface area (Å²) in [6.45, 7) is 6.90. The highest BCUT2D eigenvalue weighted by Crippen LogP contribution is 2.30. The summed E-state index contributed by atoms with van der Waals surface area (Å²) in [6, 6.07) is 3.10. The van der Waals surface area contributed by atoms with E-state index in [1.807, 2.05) is 19.1 Å². The lowest BCUT2D eigenvalue weighted by Gasteiger charge is -2.25. The van der Waals surface area contributed by atoms with Gasteiger partial charge in [-0.1, -0.05) is 17.7 Å². The summed E-state index contributed by atoms with van der Waals surface area (Å²) in [4.78, 5) is 12.7. The van der Waals surface area contributed by atoms with Gasteiger partial charge in [0.05, 0.1) is 4.90 Å². The van der Waals surface area contributed by atoms with Crippen LogP contribution < -0.4 is 11.1 Å². The first-order valence-electron chi connectivity index (χ1n) is 8.36. The van der Waals surface area contributed by atoms with E-state index in [0.29, 0.717) is 43.8 Å². The zero-order valence-corrected chi connectivity index (χ0v) is 15.4. The molecule has 0 aromatic heterocycles. The molecule has 2 rings (SSSR count). The topological polar surface area (TPSA) is 92.5 Å². The van der Waals surface area contributed by atoms with Crippen LogP contribution in [0.25, 0.3) is 0 Å². The van der Waals surface area contributed by atoms with Crippen LogP contribution in [0.1, 0.15) is 36.0 Å². The Kier molecular flexibility index (Phi) is 6.01. The predicted octanol–water partition coefficient (Wildman–Crippen LogP) is 1.23. The molecule has 1 amide bonds. The number of sulfonamides is 1. The van der Waals surface area contributed by atoms with Crippen molar-refractivity contribution in [2.45, 2.75) is 51.0 Å². The minimum atomic E-state index is -3.69. The molecule has 3 N–H and O–H groups in total. The van der Waals surface area contributed by atoms with Crippen LogP contribution in [0.2, 0.25) is 0 Å². The number of aryl methyl sites for hydroxylation is 3. The smallest absolute Gasteiger partial charge is 0.244 e. The zero-order valence-electron chi connectivity index (χ0n) is 14.6. The van der Waals surface area contributed by atoms with Crippen molar-refractivity contribution in [2.75, 3.05) is 19.6 Å². The van der Waals surface area contributed by atoms with E-state index in [4.69, 9.17) is 5.73 Å². The van der Waals surface area contributed by atoms with E-state index in [9.17, 15) is 13.2 Å². The van der Waals surface area contributed by atoms with Crippen molar-refractivity contribution in [3.05, 3.63) is 28.8 Å². The first-order valence-corrected chi connectivity index (χ1v) is 9.80. The Morgan fingerprint density at radius 2 is 1.92 bits per heavy atom. The van der Waals surface area contributed by atoms with E-state index in [0.717, 1.165) is 16.7 Å². The second kappa shape index (κ2) is 7.63. The molecule has 1 fully saturated rings. The van der Waals surface area contributed by atoms with Crippen LogP contribution in [0.3, 0.4) is 0 Å². The Morgan fingerprint density at radius 3 is 2.50 bits per heavy atom. The molecule has 0 spiro atoms. The molecule has 7 heteroatoms. The normalized spacial score (nSPS) is 18.8. The Hall–Kier alpha value is -1.44. The molecule has 0 saturated carbocycles. The summed E-state index contributed by atoms with van der Waals surface area (Å²) in [5, 5.41) is 2.79. The Bertz CT molecular complexity index is 693. The van der Waals surface area contributed by atoms with Gasteiger partial charge in [-0.15, -0.1) is 0 Å². The lowest BCUT2D eigenvalue weighted by Crippen LogP contribution is -2.46. The number of amides is 1. The van der Waals surface area contributed by atoms with Crippen LogP contribution in [-0.4, -0.2) is 44.3 Å². The third kappa shape index (κ3) is 3.79. The van der Waals surface area contributed by atoms with Gasteiger partial charge in [-0.3, -0.25) is 4.79 Å². The van der Waals surface area contributed by atoms with Crippen LogP contribution in [0.5, 0.6) is 0 Å². The molecule has 6 nitrogen and oxygen atoms in total. The maximum absolute atomic E-state index is 13.2. The lowest BCUT2D eigenvalue weighted by molar-refractivity contribution is -0.124. The molecule has 1 atom stereocenters. The number of benzene rings is 1. The fraction of sp³-hybridized carbons (Fsp3) is 0.588. The van der Waals surface area contributed by atoms with Gasteiger partial charge in [0.25, 0.3) is 0 Å². The molecule has 1 unspecified atom stereocenters. The quantitative estimate of drug-likeness (QED) is 0.752. The van der Waals surface area contributed by atoms with Crippen LogP contribution in [0.15, 0.2) is 17.0 Å². The van der Waals surface area contributed by atoms with E-state index < -0.39 is 16.1 Å². The first kappa shape index (κ1) is 18.9. The summed E-state index contributed by atoms with van der Waals surface area (Å²) in [6.07, 6.45) is 1.93. The Balaban J connectivity index is 2.30. The van der Waals surface area contributed by atoms with Crippen LogP contribution in [-0.2, 0) is 14.8 Å². The molecule has 1 aromatic rings. The van der Waals surface area contributed by atoms with Crippen molar-refractivity contribution in [3.63, 3.8) is 0 Å². The number of nitrogens with two attached hydrogens (primary N) is 1. The Morgan fingerprint density at radius 1 is 1.29 bits per heavy atom. The van der Waals surface area contributed by atoms with Crippen molar-refractivity contribution < 1.29 is 13.2 Å². The van der Waals surface area contributed by atoms with Crippen molar-refractivity contribution in [2.24, 2.45) is 5.73 Å². The van der Waals surface area contributed by atoms with E-state index >= 15 is 0 Å². The highest BCUT2D eigenvalue weighted by Gasteiger charge is 2.40. The van der Waals surface area contributed by atoms with Gasteiger partial charge in [0.1, 0.15) is 6.04 Å². The maximum atomic E-state index is 13.2. The van der Waals surface area contributed by atoms with E-state index in [1.54, 1.807) is 13.8 Å². The first-order chi connectivity index (χ1) is 11.3. The molecule has 1 saturated heterocycles. The molecule has 1 aliphatic rings. The van der Waals surface area contributed by atoms with Crippen molar-refractivity contribution >= 4 is 15.9 Å². The van der Waals surface area contributed by atoms with Gasteiger partial charge in [0.2, 0.25) is 15.9 Å². The molecule has 1 heterocycles. The number of nitrogens with zero attached hydrogens (tertiary/aromatic N) is 1. The molecule has 134 valence electrons. The van der Waals surface area contributed by atoms with Gasteiger partial charge in [0.15, 0.2) is 0 Å². The number of carbonyl (C=O) groups excluding carboxylic acids is 1. The summed E-state index contributed by atoms with van der Waals surface area (Å²) >= 11 is 0. The molecule has 1 aliphatic heterocycles. The van der Waals surface area contributed by atoms with Crippen LogP contribution in [0, 0.1) is 20.8 Å². The van der Waals surface area contributed by atoms with E-state index in [2.05, 4.69) is 5.32 Å². The van der Waals surface area contributed by atoms with Crippen LogP contribution >= 0.6 is 0 Å². The van der Waals surface area contributed by atoms with Gasteiger partial charge in [-0.05, 0) is 57.7 Å². The SMILES string of the molecule is Cc1cc(C)c(S(=O)(=O)N2CCCC2C(=O)NCCCN)c(C)c1. The highest BCUT2D eigenvalue weighted by molar-refractivity contribution is 7.89. The monoisotopic (exact) mass is 353 g/mol. The molecule has 0 aliphatic carbocycles. The standard InChI is InChI=1S/C17H27N3O3S/c1-12-10-13(2)16(14(3)11-12)24(22,23)20-9-4-6-15(20)17(21)19-8-5-7-18/h10-11,15H,4-9,18H2,1-3H3,(H,19,21). The number of hydrogen-bond acceptors (Lipinski definition) is 4. The largest absolute Gasteiger partial charge is 0.355 e. The molecule has 0 bridgehead atoms. The van der Waals surface area contributed by atoms with Gasteiger partial charge in [-0.2, -0.15) is 4.31 Å². The van der Waals surface area contributed by atoms with Crippen molar-refractivity contribution in [3.8, 4) is 0 Å². The number of hydrogen-bond donors (Lipinski definition) is 2. The molecule has 24 heavy (non-hydrogen) atoms. The average Bonchev–Trinajstić information content (AvgIpc) is 2.96. The highest BCUT2D eigenvalue weighted by atomic mass is 32.2. The second-order valence-electron chi connectivity index (χ2n) is 6.43. The second-order valence-corrected chi connectivity index (χ2v) is 8.26. The predicted molar refractivity (Wildman–Crippen MR) is 94.2 cm³/mol. The fourth-order valence-corrected chi connectivity index (χ4v) is 5.48. The number of carbonyl (C=O) groups is 1. The van der Waals surface area contributed by atoms with Crippen molar-refractivity contribution in [1.29, 1.82) is 0 Å². The minimum absolute atomic E-state index is 0.230. The average molecular weight is 353 g/mol. The third-order valence-electron chi connectivity index (χ3n) is 4.36. The van der Waals surface area contributed by atoms with Gasteiger partial charge in [0, 0.05) is 13.1 Å². The summed E-state index contributed by atoms with van der Waals surface area (Å²) in [5.41, 5.74) is 7.91. The van der Waals surface area contributed by atoms with Crippen molar-refractivity contribution in [1.82, 2.24) is 9.62 Å². The third-order valence-corrected chi connectivity index (χ3v) is 6.57. The maximum Gasteiger partial charge on any atom is 0.244 e. The summed E-state index contributed by atoms with van der Waals surface area (Å²) in [7, 11) is -3.69. The molecule has 0 radical (unpaired) electrons. The van der Waals surface area contributed by atoms with Gasteiger partial charge < -0.3 is 11.1 Å². The van der Waals surface area contributed by atoms with Gasteiger partial charge >= 0.3 is 0 Å².